The Morgan fingerprint density at radius 3 is 2.43 bits per heavy atom. The molecule has 1 amide bonds. The number of hydrogen-bond donors (Lipinski definition) is 1. The van der Waals surface area contributed by atoms with E-state index in [1.807, 2.05) is 42.5 Å². The van der Waals surface area contributed by atoms with E-state index in [1.54, 1.807) is 12.1 Å². The maximum absolute atomic E-state index is 12.4. The molecular weight excluding hydrogens is 480 g/mol. The van der Waals surface area contributed by atoms with Crippen LogP contribution in [0.25, 0.3) is 10.8 Å². The minimum atomic E-state index is -0.767. The highest BCUT2D eigenvalue weighted by molar-refractivity contribution is 5.90. The molecule has 4 aromatic carbocycles. The molecule has 0 aliphatic rings. The summed E-state index contributed by atoms with van der Waals surface area (Å²) in [5.74, 6) is -0.0868. The number of carbonyl (C=O) groups excluding carboxylic acids is 1. The van der Waals surface area contributed by atoms with Crippen LogP contribution in [0.1, 0.15) is 11.1 Å². The Morgan fingerprint density at radius 1 is 0.919 bits per heavy atom. The van der Waals surface area contributed by atoms with Crippen molar-refractivity contribution in [2.45, 2.75) is 6.42 Å². The standard InChI is InChI=1S/C26H20N4O7/c1-36-25-13-17(9-11-24(25)37-23-12-10-20(29(32)33)15-22(23)30(34)35)16-27-28-26(31)14-19-7-4-6-18-5-2-3-8-21(18)19/h2-13,15-16H,14H2,1H3,(H,28,31). The number of hydrazone groups is 1. The highest BCUT2D eigenvalue weighted by Gasteiger charge is 2.22. The second-order valence-corrected chi connectivity index (χ2v) is 7.79. The fourth-order valence-electron chi connectivity index (χ4n) is 3.65. The van der Waals surface area contributed by atoms with Gasteiger partial charge in [-0.25, -0.2) is 5.43 Å². The Labute approximate surface area is 210 Å². The quantitative estimate of drug-likeness (QED) is 0.190. The largest absolute Gasteiger partial charge is 0.493 e. The van der Waals surface area contributed by atoms with Gasteiger partial charge in [0.05, 0.1) is 35.7 Å². The Kier molecular flexibility index (Phi) is 7.34. The molecule has 0 saturated heterocycles. The number of nitrogens with one attached hydrogen (secondary N) is 1. The number of nitro groups is 2. The Morgan fingerprint density at radius 2 is 1.68 bits per heavy atom. The fraction of sp³-hybridized carbons (Fsp3) is 0.0769. The number of hydrogen-bond acceptors (Lipinski definition) is 8. The zero-order valence-corrected chi connectivity index (χ0v) is 19.5. The number of amides is 1. The smallest absolute Gasteiger partial charge is 0.318 e. The topological polar surface area (TPSA) is 146 Å². The highest BCUT2D eigenvalue weighted by Crippen LogP contribution is 2.38. The summed E-state index contributed by atoms with van der Waals surface area (Å²) in [6, 6.07) is 21.3. The molecule has 0 bridgehead atoms. The van der Waals surface area contributed by atoms with Crippen LogP contribution in [0.2, 0.25) is 0 Å². The van der Waals surface area contributed by atoms with Crippen LogP contribution < -0.4 is 14.9 Å². The van der Waals surface area contributed by atoms with Gasteiger partial charge in [0.1, 0.15) is 0 Å². The van der Waals surface area contributed by atoms with Crippen molar-refractivity contribution >= 4 is 34.3 Å². The predicted octanol–water partition coefficient (Wildman–Crippen LogP) is 5.15. The lowest BCUT2D eigenvalue weighted by atomic mass is 10.0. The van der Waals surface area contributed by atoms with Crippen molar-refractivity contribution < 1.29 is 24.1 Å². The second kappa shape index (κ2) is 11.0. The maximum Gasteiger partial charge on any atom is 0.318 e. The van der Waals surface area contributed by atoms with E-state index in [4.69, 9.17) is 9.47 Å². The van der Waals surface area contributed by atoms with Crippen molar-refractivity contribution in [3.8, 4) is 17.2 Å². The minimum absolute atomic E-state index is 0.150. The van der Waals surface area contributed by atoms with Crippen LogP contribution in [0, 0.1) is 20.2 Å². The van der Waals surface area contributed by atoms with Gasteiger partial charge in [0.15, 0.2) is 11.5 Å². The summed E-state index contributed by atoms with van der Waals surface area (Å²) in [6.07, 6.45) is 1.57. The molecule has 0 fully saturated rings. The summed E-state index contributed by atoms with van der Waals surface area (Å²) >= 11 is 0. The molecule has 0 radical (unpaired) electrons. The van der Waals surface area contributed by atoms with Gasteiger partial charge in [0.25, 0.3) is 5.69 Å². The van der Waals surface area contributed by atoms with Gasteiger partial charge in [-0.1, -0.05) is 42.5 Å². The van der Waals surface area contributed by atoms with E-state index >= 15 is 0 Å². The van der Waals surface area contributed by atoms with Crippen molar-refractivity contribution in [1.82, 2.24) is 5.43 Å². The third-order valence-corrected chi connectivity index (χ3v) is 5.39. The second-order valence-electron chi connectivity index (χ2n) is 7.79. The molecule has 0 aliphatic heterocycles. The Balaban J connectivity index is 1.45. The summed E-state index contributed by atoms with van der Waals surface area (Å²) in [5, 5.41) is 28.3. The van der Waals surface area contributed by atoms with Gasteiger partial charge in [0, 0.05) is 6.07 Å². The zero-order chi connectivity index (χ0) is 26.4. The van der Waals surface area contributed by atoms with Crippen LogP contribution in [0.15, 0.2) is 84.0 Å². The first kappa shape index (κ1) is 24.8. The lowest BCUT2D eigenvalue weighted by molar-refractivity contribution is -0.394. The van der Waals surface area contributed by atoms with Crippen LogP contribution in [0.3, 0.4) is 0 Å². The summed E-state index contributed by atoms with van der Waals surface area (Å²) in [7, 11) is 1.39. The number of ether oxygens (including phenoxy) is 2. The third kappa shape index (κ3) is 5.85. The summed E-state index contributed by atoms with van der Waals surface area (Å²) in [6.45, 7) is 0. The normalized spacial score (nSPS) is 10.8. The van der Waals surface area contributed by atoms with Crippen LogP contribution in [0.4, 0.5) is 11.4 Å². The first-order valence-corrected chi connectivity index (χ1v) is 10.9. The molecule has 0 saturated carbocycles. The first-order chi connectivity index (χ1) is 17.9. The van der Waals surface area contributed by atoms with E-state index in [1.165, 1.54) is 19.4 Å². The third-order valence-electron chi connectivity index (χ3n) is 5.39. The van der Waals surface area contributed by atoms with E-state index in [2.05, 4.69) is 10.5 Å². The van der Waals surface area contributed by atoms with E-state index in [-0.39, 0.29) is 29.6 Å². The summed E-state index contributed by atoms with van der Waals surface area (Å²) < 4.78 is 10.9. The lowest BCUT2D eigenvalue weighted by Gasteiger charge is -2.11. The molecule has 11 heteroatoms. The summed E-state index contributed by atoms with van der Waals surface area (Å²) in [5.41, 5.74) is 2.96. The molecule has 0 spiro atoms. The maximum atomic E-state index is 12.4. The van der Waals surface area contributed by atoms with Gasteiger partial charge in [0.2, 0.25) is 11.7 Å². The number of benzene rings is 4. The molecule has 0 heterocycles. The van der Waals surface area contributed by atoms with E-state index < -0.39 is 21.2 Å². The van der Waals surface area contributed by atoms with Crippen molar-refractivity contribution in [1.29, 1.82) is 0 Å². The number of fused-ring (bicyclic) bond motifs is 1. The lowest BCUT2D eigenvalue weighted by Crippen LogP contribution is -2.19. The SMILES string of the molecule is COc1cc(C=NNC(=O)Cc2cccc3ccccc23)ccc1Oc1ccc([N+](=O)[O-])cc1[N+](=O)[O-]. The molecule has 0 aromatic heterocycles. The van der Waals surface area contributed by atoms with E-state index in [9.17, 15) is 25.0 Å². The molecule has 186 valence electrons. The van der Waals surface area contributed by atoms with Crippen LogP contribution in [-0.2, 0) is 11.2 Å². The molecule has 0 atom stereocenters. The Hall–Kier alpha value is -5.32. The van der Waals surface area contributed by atoms with Gasteiger partial charge < -0.3 is 9.47 Å². The monoisotopic (exact) mass is 500 g/mol. The van der Waals surface area contributed by atoms with Crippen LogP contribution in [0.5, 0.6) is 17.2 Å². The van der Waals surface area contributed by atoms with E-state index in [0.29, 0.717) is 5.56 Å². The van der Waals surface area contributed by atoms with Crippen molar-refractivity contribution in [3.05, 3.63) is 110 Å². The fourth-order valence-corrected chi connectivity index (χ4v) is 3.65. The van der Waals surface area contributed by atoms with Gasteiger partial charge in [-0.3, -0.25) is 25.0 Å². The number of carbonyl (C=O) groups is 1. The number of rotatable bonds is 9. The van der Waals surface area contributed by atoms with Gasteiger partial charge in [-0.2, -0.15) is 5.10 Å². The number of nitrogens with zero attached hydrogens (tertiary/aromatic N) is 3. The van der Waals surface area contributed by atoms with Gasteiger partial charge in [-0.15, -0.1) is 0 Å². The average molecular weight is 500 g/mol. The number of nitro benzene ring substituents is 2. The molecule has 11 nitrogen and oxygen atoms in total. The predicted molar refractivity (Wildman–Crippen MR) is 136 cm³/mol. The zero-order valence-electron chi connectivity index (χ0n) is 19.5. The number of methoxy groups -OCH3 is 1. The van der Waals surface area contributed by atoms with Crippen molar-refractivity contribution in [2.75, 3.05) is 7.11 Å². The molecular formula is C26H20N4O7. The van der Waals surface area contributed by atoms with E-state index in [0.717, 1.165) is 34.5 Å². The minimum Gasteiger partial charge on any atom is -0.493 e. The molecule has 4 aromatic rings. The van der Waals surface area contributed by atoms with Crippen molar-refractivity contribution in [2.24, 2.45) is 5.10 Å². The van der Waals surface area contributed by atoms with Crippen LogP contribution >= 0.6 is 0 Å². The molecule has 1 N–H and O–H groups in total. The molecule has 37 heavy (non-hydrogen) atoms. The molecule has 4 rings (SSSR count). The van der Waals surface area contributed by atoms with Crippen LogP contribution in [-0.4, -0.2) is 29.1 Å². The van der Waals surface area contributed by atoms with Crippen molar-refractivity contribution in [3.63, 3.8) is 0 Å². The van der Waals surface area contributed by atoms with Gasteiger partial charge in [-0.05, 0) is 46.2 Å². The Bertz CT molecular complexity index is 1530. The summed E-state index contributed by atoms with van der Waals surface area (Å²) in [4.78, 5) is 33.2. The van der Waals surface area contributed by atoms with Gasteiger partial charge >= 0.3 is 5.69 Å². The average Bonchev–Trinajstić information content (AvgIpc) is 2.89. The molecule has 0 aliphatic carbocycles. The number of non-ortho nitro benzene ring substituents is 1. The molecule has 0 unspecified atom stereocenters. The first-order valence-electron chi connectivity index (χ1n) is 10.9. The highest BCUT2D eigenvalue weighted by atomic mass is 16.6.